The standard InChI is InChI=1S/C32H62N4O6/c1-11-41-27(37)35(25-21-29(3,4)33-30(5,6)22-25)15-13-17-39-19-20-40-18-14-16-36(28(38)42-12-2)26-23-31(7,8)34-32(9,10)24-26/h25-26,33-34H,11-24H2,1-10H3. The van der Waals surface area contributed by atoms with Gasteiger partial charge in [-0.25, -0.2) is 9.59 Å². The van der Waals surface area contributed by atoms with Crippen LogP contribution in [0.3, 0.4) is 0 Å². The number of amides is 2. The Morgan fingerprint density at radius 1 is 0.595 bits per heavy atom. The van der Waals surface area contributed by atoms with E-state index in [4.69, 9.17) is 18.9 Å². The van der Waals surface area contributed by atoms with Gasteiger partial charge < -0.3 is 39.4 Å². The summed E-state index contributed by atoms with van der Waals surface area (Å²) in [5.74, 6) is 0. The first-order valence-corrected chi connectivity index (χ1v) is 16.1. The Hall–Kier alpha value is -1.62. The molecule has 2 saturated heterocycles. The lowest BCUT2D eigenvalue weighted by Gasteiger charge is -2.49. The van der Waals surface area contributed by atoms with Gasteiger partial charge in [-0.05, 0) is 108 Å². The zero-order chi connectivity index (χ0) is 31.6. The molecule has 0 aromatic carbocycles. The molecule has 0 spiro atoms. The van der Waals surface area contributed by atoms with Gasteiger partial charge in [-0.3, -0.25) is 0 Å². The summed E-state index contributed by atoms with van der Waals surface area (Å²) in [7, 11) is 0. The fourth-order valence-electron chi connectivity index (χ4n) is 7.23. The van der Waals surface area contributed by atoms with Gasteiger partial charge in [0.2, 0.25) is 0 Å². The number of carbonyl (C=O) groups excluding carboxylic acids is 2. The molecule has 0 unspecified atom stereocenters. The predicted octanol–water partition coefficient (Wildman–Crippen LogP) is 5.34. The highest BCUT2D eigenvalue weighted by molar-refractivity contribution is 5.68. The summed E-state index contributed by atoms with van der Waals surface area (Å²) < 4.78 is 22.5. The van der Waals surface area contributed by atoms with Crippen LogP contribution in [0.25, 0.3) is 0 Å². The molecule has 10 nitrogen and oxygen atoms in total. The van der Waals surface area contributed by atoms with E-state index in [0.29, 0.717) is 52.7 Å². The molecule has 2 aliphatic rings. The molecule has 2 aliphatic heterocycles. The molecule has 2 heterocycles. The van der Waals surface area contributed by atoms with Gasteiger partial charge in [0.05, 0.1) is 26.4 Å². The van der Waals surface area contributed by atoms with Crippen LogP contribution in [0.4, 0.5) is 9.59 Å². The second kappa shape index (κ2) is 15.9. The minimum Gasteiger partial charge on any atom is -0.450 e. The molecule has 0 saturated carbocycles. The smallest absolute Gasteiger partial charge is 0.409 e. The Kier molecular flexibility index (Phi) is 13.9. The van der Waals surface area contributed by atoms with E-state index in [1.54, 1.807) is 0 Å². The van der Waals surface area contributed by atoms with Crippen LogP contribution in [0.2, 0.25) is 0 Å². The van der Waals surface area contributed by atoms with Crippen LogP contribution in [-0.4, -0.2) is 109 Å². The monoisotopic (exact) mass is 598 g/mol. The van der Waals surface area contributed by atoms with E-state index >= 15 is 0 Å². The van der Waals surface area contributed by atoms with Crippen molar-refractivity contribution in [2.75, 3.05) is 52.7 Å². The van der Waals surface area contributed by atoms with Crippen molar-refractivity contribution < 1.29 is 28.5 Å². The molecule has 0 atom stereocenters. The first kappa shape index (κ1) is 36.6. The fourth-order valence-corrected chi connectivity index (χ4v) is 7.23. The van der Waals surface area contributed by atoms with Gasteiger partial charge in [-0.1, -0.05) is 0 Å². The average Bonchev–Trinajstić information content (AvgIpc) is 2.81. The van der Waals surface area contributed by atoms with Crippen molar-refractivity contribution >= 4 is 12.2 Å². The number of nitrogens with zero attached hydrogens (tertiary/aromatic N) is 2. The maximum atomic E-state index is 12.8. The van der Waals surface area contributed by atoms with E-state index in [1.807, 2.05) is 23.6 Å². The minimum absolute atomic E-state index is 0.0564. The van der Waals surface area contributed by atoms with E-state index in [-0.39, 0.29) is 46.4 Å². The van der Waals surface area contributed by atoms with Crippen LogP contribution in [0.5, 0.6) is 0 Å². The van der Waals surface area contributed by atoms with Crippen LogP contribution in [0.1, 0.15) is 108 Å². The van der Waals surface area contributed by atoms with Crippen molar-refractivity contribution in [1.29, 1.82) is 0 Å². The Morgan fingerprint density at radius 3 is 1.19 bits per heavy atom. The Bertz CT molecular complexity index is 747. The summed E-state index contributed by atoms with van der Waals surface area (Å²) in [6, 6.07) is 0.240. The number of carbonyl (C=O) groups is 2. The molecule has 10 heteroatoms. The summed E-state index contributed by atoms with van der Waals surface area (Å²) in [5.41, 5.74) is -0.226. The molecule has 2 rings (SSSR count). The number of rotatable bonds is 15. The number of hydrogen-bond donors (Lipinski definition) is 2. The fraction of sp³-hybridized carbons (Fsp3) is 0.938. The van der Waals surface area contributed by atoms with Gasteiger partial charge in [0.25, 0.3) is 0 Å². The quantitative estimate of drug-likeness (QED) is 0.244. The molecule has 0 radical (unpaired) electrons. The first-order chi connectivity index (χ1) is 19.5. The molecular formula is C32H62N4O6. The Labute approximate surface area is 255 Å². The van der Waals surface area contributed by atoms with Crippen LogP contribution < -0.4 is 10.6 Å². The summed E-state index contributed by atoms with van der Waals surface area (Å²) in [6.45, 7) is 25.2. The van der Waals surface area contributed by atoms with E-state index in [1.165, 1.54) is 0 Å². The number of hydrogen-bond acceptors (Lipinski definition) is 8. The van der Waals surface area contributed by atoms with Crippen molar-refractivity contribution in [1.82, 2.24) is 20.4 Å². The molecule has 0 bridgehead atoms. The van der Waals surface area contributed by atoms with Crippen LogP contribution in [0, 0.1) is 0 Å². The molecule has 0 aliphatic carbocycles. The van der Waals surface area contributed by atoms with Gasteiger partial charge in [0.15, 0.2) is 0 Å². The normalized spacial score (nSPS) is 21.5. The second-order valence-electron chi connectivity index (χ2n) is 14.6. The average molecular weight is 599 g/mol. The van der Waals surface area contributed by atoms with Gasteiger partial charge in [0.1, 0.15) is 0 Å². The van der Waals surface area contributed by atoms with Gasteiger partial charge in [0, 0.05) is 60.5 Å². The van der Waals surface area contributed by atoms with Crippen molar-refractivity contribution in [3.05, 3.63) is 0 Å². The van der Waals surface area contributed by atoms with Gasteiger partial charge in [-0.15, -0.1) is 0 Å². The molecule has 42 heavy (non-hydrogen) atoms. The van der Waals surface area contributed by atoms with Gasteiger partial charge in [-0.2, -0.15) is 0 Å². The highest BCUT2D eigenvalue weighted by Gasteiger charge is 2.42. The molecule has 2 N–H and O–H groups in total. The highest BCUT2D eigenvalue weighted by atomic mass is 16.6. The predicted molar refractivity (Wildman–Crippen MR) is 167 cm³/mol. The summed E-state index contributed by atoms with van der Waals surface area (Å²) >= 11 is 0. The summed E-state index contributed by atoms with van der Waals surface area (Å²) in [5, 5.41) is 7.37. The third-order valence-corrected chi connectivity index (χ3v) is 7.97. The summed E-state index contributed by atoms with van der Waals surface area (Å²) in [4.78, 5) is 29.4. The molecule has 2 amide bonds. The van der Waals surface area contributed by atoms with Crippen LogP contribution >= 0.6 is 0 Å². The first-order valence-electron chi connectivity index (χ1n) is 16.1. The van der Waals surface area contributed by atoms with E-state index in [2.05, 4.69) is 66.0 Å². The van der Waals surface area contributed by atoms with Crippen molar-refractivity contribution in [2.45, 2.75) is 142 Å². The van der Waals surface area contributed by atoms with E-state index in [9.17, 15) is 9.59 Å². The zero-order valence-electron chi connectivity index (χ0n) is 28.4. The lowest BCUT2D eigenvalue weighted by Crippen LogP contribution is -2.63. The molecule has 0 aromatic rings. The molecule has 2 fully saturated rings. The van der Waals surface area contributed by atoms with E-state index in [0.717, 1.165) is 38.5 Å². The largest absolute Gasteiger partial charge is 0.450 e. The number of ether oxygens (including phenoxy) is 4. The second-order valence-corrected chi connectivity index (χ2v) is 14.6. The number of nitrogens with one attached hydrogen (secondary N) is 2. The highest BCUT2D eigenvalue weighted by Crippen LogP contribution is 2.33. The van der Waals surface area contributed by atoms with Crippen molar-refractivity contribution in [3.8, 4) is 0 Å². The van der Waals surface area contributed by atoms with E-state index < -0.39 is 0 Å². The van der Waals surface area contributed by atoms with Crippen LogP contribution in [0.15, 0.2) is 0 Å². The third kappa shape index (κ3) is 12.5. The summed E-state index contributed by atoms with van der Waals surface area (Å²) in [6.07, 6.45) is 4.51. The van der Waals surface area contributed by atoms with Crippen molar-refractivity contribution in [2.24, 2.45) is 0 Å². The lowest BCUT2D eigenvalue weighted by molar-refractivity contribution is 0.0225. The SMILES string of the molecule is CCOC(=O)N(CCCOCCOCCCN(C(=O)OCC)C1CC(C)(C)NC(C)(C)C1)C1CC(C)(C)NC(C)(C)C1. The zero-order valence-corrected chi connectivity index (χ0v) is 28.4. The minimum atomic E-state index is -0.243. The van der Waals surface area contributed by atoms with Crippen molar-refractivity contribution in [3.63, 3.8) is 0 Å². The maximum absolute atomic E-state index is 12.8. The molecule has 0 aromatic heterocycles. The topological polar surface area (TPSA) is 102 Å². The van der Waals surface area contributed by atoms with Gasteiger partial charge >= 0.3 is 12.2 Å². The lowest BCUT2D eigenvalue weighted by atomic mass is 9.79. The number of piperidine rings is 2. The Balaban J connectivity index is 1.73. The molecule has 246 valence electrons. The third-order valence-electron chi connectivity index (χ3n) is 7.97. The van der Waals surface area contributed by atoms with Crippen LogP contribution in [-0.2, 0) is 18.9 Å². The maximum Gasteiger partial charge on any atom is 0.409 e. The molecular weight excluding hydrogens is 536 g/mol. The Morgan fingerprint density at radius 2 is 0.905 bits per heavy atom.